The minimum atomic E-state index is -0.221. The molecular formula is C12H15FN2. The van der Waals surface area contributed by atoms with Crippen molar-refractivity contribution < 1.29 is 4.39 Å². The third-order valence-electron chi connectivity index (χ3n) is 2.15. The molecule has 1 rings (SSSR count). The third-order valence-corrected chi connectivity index (χ3v) is 2.15. The zero-order chi connectivity index (χ0) is 11.1. The lowest BCUT2D eigenvalue weighted by Gasteiger charge is -2.17. The molecule has 1 aromatic rings. The quantitative estimate of drug-likeness (QED) is 0.692. The van der Waals surface area contributed by atoms with E-state index in [0.29, 0.717) is 13.1 Å². The zero-order valence-electron chi connectivity index (χ0n) is 8.91. The number of nitriles is 1. The van der Waals surface area contributed by atoms with Crippen molar-refractivity contribution in [1.82, 2.24) is 4.90 Å². The molecule has 0 fully saturated rings. The van der Waals surface area contributed by atoms with Crippen molar-refractivity contribution in [2.45, 2.75) is 19.9 Å². The number of rotatable bonds is 5. The summed E-state index contributed by atoms with van der Waals surface area (Å²) in [7, 11) is 0. The Bertz CT molecular complexity index is 326. The molecule has 0 amide bonds. The van der Waals surface area contributed by atoms with E-state index in [4.69, 9.17) is 5.26 Å². The van der Waals surface area contributed by atoms with Crippen LogP contribution in [0.4, 0.5) is 4.39 Å². The van der Waals surface area contributed by atoms with Gasteiger partial charge in [-0.1, -0.05) is 19.1 Å². The summed E-state index contributed by atoms with van der Waals surface area (Å²) >= 11 is 0. The predicted molar refractivity (Wildman–Crippen MR) is 57.6 cm³/mol. The van der Waals surface area contributed by atoms with E-state index in [2.05, 4.69) is 13.0 Å². The topological polar surface area (TPSA) is 27.0 Å². The lowest BCUT2D eigenvalue weighted by Crippen LogP contribution is -2.24. The third kappa shape index (κ3) is 4.09. The van der Waals surface area contributed by atoms with Gasteiger partial charge in [-0.2, -0.15) is 5.26 Å². The van der Waals surface area contributed by atoms with Crippen LogP contribution in [0.3, 0.4) is 0 Å². The summed E-state index contributed by atoms with van der Waals surface area (Å²) < 4.78 is 12.7. The van der Waals surface area contributed by atoms with Crippen LogP contribution in [0, 0.1) is 17.1 Å². The summed E-state index contributed by atoms with van der Waals surface area (Å²) in [5, 5.41) is 8.63. The lowest BCUT2D eigenvalue weighted by molar-refractivity contribution is 0.298. The second-order valence-corrected chi connectivity index (χ2v) is 3.50. The molecule has 80 valence electrons. The first-order valence-corrected chi connectivity index (χ1v) is 5.10. The van der Waals surface area contributed by atoms with Crippen LogP contribution in [0.5, 0.6) is 0 Å². The van der Waals surface area contributed by atoms with Crippen LogP contribution >= 0.6 is 0 Å². The van der Waals surface area contributed by atoms with Crippen LogP contribution < -0.4 is 0 Å². The molecule has 15 heavy (non-hydrogen) atoms. The van der Waals surface area contributed by atoms with E-state index in [-0.39, 0.29) is 5.82 Å². The van der Waals surface area contributed by atoms with Crippen molar-refractivity contribution in [3.05, 3.63) is 35.6 Å². The Morgan fingerprint density at radius 1 is 1.33 bits per heavy atom. The molecule has 0 bridgehead atoms. The highest BCUT2D eigenvalue weighted by molar-refractivity contribution is 5.16. The number of hydrogen-bond acceptors (Lipinski definition) is 2. The normalized spacial score (nSPS) is 10.3. The fourth-order valence-electron chi connectivity index (χ4n) is 1.48. The van der Waals surface area contributed by atoms with Crippen LogP contribution in [0.25, 0.3) is 0 Å². The summed E-state index contributed by atoms with van der Waals surface area (Å²) in [6, 6.07) is 8.56. The fourth-order valence-corrected chi connectivity index (χ4v) is 1.48. The van der Waals surface area contributed by atoms with Gasteiger partial charge in [0.05, 0.1) is 12.6 Å². The lowest BCUT2D eigenvalue weighted by atomic mass is 10.2. The standard InChI is InChI=1S/C12H15FN2/c1-2-8-15(9-7-14)10-11-3-5-12(13)6-4-11/h3-6H,2,8-10H2,1H3. The molecule has 2 nitrogen and oxygen atoms in total. The van der Waals surface area contributed by atoms with Gasteiger partial charge in [0, 0.05) is 6.54 Å². The van der Waals surface area contributed by atoms with Gasteiger partial charge in [-0.15, -0.1) is 0 Å². The van der Waals surface area contributed by atoms with Crippen LogP contribution in [-0.2, 0) is 6.54 Å². The number of hydrogen-bond donors (Lipinski definition) is 0. The molecule has 0 heterocycles. The van der Waals surface area contributed by atoms with Gasteiger partial charge in [-0.3, -0.25) is 4.90 Å². The van der Waals surface area contributed by atoms with E-state index in [0.717, 1.165) is 18.5 Å². The molecule has 0 spiro atoms. The first-order valence-electron chi connectivity index (χ1n) is 5.10. The van der Waals surface area contributed by atoms with Crippen LogP contribution in [0.1, 0.15) is 18.9 Å². The Kier molecular flexibility index (Phi) is 4.79. The Morgan fingerprint density at radius 2 is 2.00 bits per heavy atom. The Balaban J connectivity index is 2.57. The minimum absolute atomic E-state index is 0.221. The van der Waals surface area contributed by atoms with E-state index in [1.165, 1.54) is 12.1 Å². The molecule has 0 aliphatic carbocycles. The number of nitrogens with zero attached hydrogens (tertiary/aromatic N) is 2. The SMILES string of the molecule is CCCN(CC#N)Cc1ccc(F)cc1. The molecule has 0 radical (unpaired) electrons. The second kappa shape index (κ2) is 6.15. The Labute approximate surface area is 89.9 Å². The molecule has 0 atom stereocenters. The molecule has 0 saturated carbocycles. The number of halogens is 1. The van der Waals surface area contributed by atoms with Crippen LogP contribution in [0.15, 0.2) is 24.3 Å². The van der Waals surface area contributed by atoms with E-state index in [1.807, 2.05) is 4.90 Å². The average molecular weight is 206 g/mol. The van der Waals surface area contributed by atoms with Crippen molar-refractivity contribution in [3.63, 3.8) is 0 Å². The highest BCUT2D eigenvalue weighted by Gasteiger charge is 2.03. The summed E-state index contributed by atoms with van der Waals surface area (Å²) in [5.74, 6) is -0.221. The maximum absolute atomic E-state index is 12.7. The van der Waals surface area contributed by atoms with Crippen molar-refractivity contribution in [2.75, 3.05) is 13.1 Å². The molecule has 3 heteroatoms. The second-order valence-electron chi connectivity index (χ2n) is 3.50. The highest BCUT2D eigenvalue weighted by atomic mass is 19.1. The zero-order valence-corrected chi connectivity index (χ0v) is 8.91. The molecule has 0 saturated heterocycles. The van der Waals surface area contributed by atoms with Crippen LogP contribution in [0.2, 0.25) is 0 Å². The van der Waals surface area contributed by atoms with E-state index in [9.17, 15) is 4.39 Å². The fraction of sp³-hybridized carbons (Fsp3) is 0.417. The van der Waals surface area contributed by atoms with Crippen molar-refractivity contribution in [3.8, 4) is 6.07 Å². The summed E-state index contributed by atoms with van der Waals surface area (Å²) in [6.45, 7) is 4.10. The molecule has 0 aromatic heterocycles. The minimum Gasteiger partial charge on any atom is -0.286 e. The van der Waals surface area contributed by atoms with E-state index in [1.54, 1.807) is 12.1 Å². The number of benzene rings is 1. The van der Waals surface area contributed by atoms with E-state index >= 15 is 0 Å². The predicted octanol–water partition coefficient (Wildman–Crippen LogP) is 2.56. The van der Waals surface area contributed by atoms with Crippen molar-refractivity contribution >= 4 is 0 Å². The average Bonchev–Trinajstić information content (AvgIpc) is 2.22. The van der Waals surface area contributed by atoms with Gasteiger partial charge in [0.15, 0.2) is 0 Å². The molecule has 0 aliphatic rings. The Morgan fingerprint density at radius 3 is 2.53 bits per heavy atom. The molecule has 0 unspecified atom stereocenters. The molecule has 1 aromatic carbocycles. The molecule has 0 N–H and O–H groups in total. The maximum Gasteiger partial charge on any atom is 0.123 e. The van der Waals surface area contributed by atoms with Crippen molar-refractivity contribution in [1.29, 1.82) is 5.26 Å². The van der Waals surface area contributed by atoms with Gasteiger partial charge in [-0.25, -0.2) is 4.39 Å². The molecule has 0 aliphatic heterocycles. The van der Waals surface area contributed by atoms with Crippen molar-refractivity contribution in [2.24, 2.45) is 0 Å². The highest BCUT2D eigenvalue weighted by Crippen LogP contribution is 2.06. The van der Waals surface area contributed by atoms with E-state index < -0.39 is 0 Å². The van der Waals surface area contributed by atoms with Gasteiger partial charge in [0.1, 0.15) is 5.82 Å². The monoisotopic (exact) mass is 206 g/mol. The maximum atomic E-state index is 12.7. The Hall–Kier alpha value is -1.40. The molecular weight excluding hydrogens is 191 g/mol. The summed E-state index contributed by atoms with van der Waals surface area (Å²) in [6.07, 6.45) is 1.02. The first kappa shape index (κ1) is 11.7. The first-order chi connectivity index (χ1) is 7.26. The summed E-state index contributed by atoms with van der Waals surface area (Å²) in [5.41, 5.74) is 1.04. The van der Waals surface area contributed by atoms with Crippen LogP contribution in [-0.4, -0.2) is 18.0 Å². The largest absolute Gasteiger partial charge is 0.286 e. The van der Waals surface area contributed by atoms with Gasteiger partial charge in [0.25, 0.3) is 0 Å². The van der Waals surface area contributed by atoms with Gasteiger partial charge < -0.3 is 0 Å². The van der Waals surface area contributed by atoms with Gasteiger partial charge in [-0.05, 0) is 30.7 Å². The summed E-state index contributed by atoms with van der Waals surface area (Å²) in [4.78, 5) is 2.05. The van der Waals surface area contributed by atoms with Gasteiger partial charge >= 0.3 is 0 Å². The smallest absolute Gasteiger partial charge is 0.123 e. The van der Waals surface area contributed by atoms with Gasteiger partial charge in [0.2, 0.25) is 0 Å².